The van der Waals surface area contributed by atoms with Gasteiger partial charge >= 0.3 is 5.97 Å². The Balaban J connectivity index is 2.69. The Labute approximate surface area is 114 Å². The van der Waals surface area contributed by atoms with Crippen LogP contribution in [0.1, 0.15) is 39.7 Å². The number of benzene rings is 1. The highest BCUT2D eigenvalue weighted by molar-refractivity contribution is 5.85. The van der Waals surface area contributed by atoms with E-state index in [1.54, 1.807) is 6.08 Å². The lowest BCUT2D eigenvalue weighted by Crippen LogP contribution is -2.29. The van der Waals surface area contributed by atoms with Gasteiger partial charge in [-0.15, -0.1) is 0 Å². The number of ether oxygens (including phenoxy) is 1. The van der Waals surface area contributed by atoms with Gasteiger partial charge in [0.1, 0.15) is 11.4 Å². The summed E-state index contributed by atoms with van der Waals surface area (Å²) < 4.78 is 5.95. The smallest absolute Gasteiger partial charge is 0.328 e. The predicted octanol–water partition coefficient (Wildman–Crippen LogP) is 3.99. The fraction of sp³-hybridized carbons (Fsp3) is 0.438. The summed E-state index contributed by atoms with van der Waals surface area (Å²) in [4.78, 5) is 10.4. The molecule has 0 bridgehead atoms. The molecule has 0 amide bonds. The van der Waals surface area contributed by atoms with Crippen molar-refractivity contribution in [2.24, 2.45) is 5.92 Å². The zero-order chi connectivity index (χ0) is 14.5. The first-order chi connectivity index (χ1) is 8.78. The van der Waals surface area contributed by atoms with Crippen LogP contribution in [-0.4, -0.2) is 16.7 Å². The van der Waals surface area contributed by atoms with Crippen molar-refractivity contribution in [1.82, 2.24) is 0 Å². The number of carboxylic acid groups (broad SMARTS) is 1. The third kappa shape index (κ3) is 6.09. The Bertz CT molecular complexity index is 442. The summed E-state index contributed by atoms with van der Waals surface area (Å²) in [6.45, 7) is 8.49. The molecule has 0 aliphatic heterocycles. The van der Waals surface area contributed by atoms with E-state index < -0.39 is 5.97 Å². The first kappa shape index (κ1) is 15.3. The van der Waals surface area contributed by atoms with Crippen LogP contribution >= 0.6 is 0 Å². The molecule has 1 rings (SSSR count). The van der Waals surface area contributed by atoms with E-state index in [1.807, 2.05) is 24.3 Å². The van der Waals surface area contributed by atoms with Gasteiger partial charge in [0.2, 0.25) is 0 Å². The molecular weight excluding hydrogens is 240 g/mol. The zero-order valence-corrected chi connectivity index (χ0v) is 12.0. The fourth-order valence-electron chi connectivity index (χ4n) is 2.16. The summed E-state index contributed by atoms with van der Waals surface area (Å²) in [6.07, 6.45) is 3.66. The Hall–Kier alpha value is -1.77. The van der Waals surface area contributed by atoms with Crippen molar-refractivity contribution < 1.29 is 14.6 Å². The van der Waals surface area contributed by atoms with E-state index in [0.29, 0.717) is 5.92 Å². The monoisotopic (exact) mass is 262 g/mol. The molecule has 0 saturated carbocycles. The van der Waals surface area contributed by atoms with E-state index in [1.165, 1.54) is 0 Å². The fourth-order valence-corrected chi connectivity index (χ4v) is 2.16. The van der Waals surface area contributed by atoms with Gasteiger partial charge in [0.05, 0.1) is 0 Å². The number of carboxylic acids is 1. The molecule has 3 heteroatoms. The molecular formula is C16H22O3. The normalized spacial score (nSPS) is 12.1. The summed E-state index contributed by atoms with van der Waals surface area (Å²) in [5, 5.41) is 8.55. The van der Waals surface area contributed by atoms with Crippen molar-refractivity contribution in [1.29, 1.82) is 0 Å². The van der Waals surface area contributed by atoms with Gasteiger partial charge in [0.25, 0.3) is 0 Å². The van der Waals surface area contributed by atoms with Crippen molar-refractivity contribution in [2.45, 2.75) is 39.7 Å². The molecule has 0 saturated heterocycles. The van der Waals surface area contributed by atoms with Crippen molar-refractivity contribution in [3.8, 4) is 5.75 Å². The van der Waals surface area contributed by atoms with E-state index in [4.69, 9.17) is 9.84 Å². The molecule has 19 heavy (non-hydrogen) atoms. The predicted molar refractivity (Wildman–Crippen MR) is 77.3 cm³/mol. The second kappa shape index (κ2) is 6.41. The lowest BCUT2D eigenvalue weighted by molar-refractivity contribution is -0.131. The maximum atomic E-state index is 10.4. The number of aliphatic carboxylic acids is 1. The third-order valence-electron chi connectivity index (χ3n) is 2.59. The molecule has 0 aliphatic rings. The Morgan fingerprint density at radius 2 is 1.89 bits per heavy atom. The largest absolute Gasteiger partial charge is 0.488 e. The highest BCUT2D eigenvalue weighted by Crippen LogP contribution is 2.24. The van der Waals surface area contributed by atoms with E-state index in [0.717, 1.165) is 23.8 Å². The molecule has 0 unspecified atom stereocenters. The first-order valence-corrected chi connectivity index (χ1v) is 6.48. The number of hydrogen-bond acceptors (Lipinski definition) is 2. The topological polar surface area (TPSA) is 46.5 Å². The molecule has 1 aromatic rings. The molecule has 0 fully saturated rings. The highest BCUT2D eigenvalue weighted by atomic mass is 16.5. The number of carbonyl (C=O) groups is 1. The minimum Gasteiger partial charge on any atom is -0.488 e. The third-order valence-corrected chi connectivity index (χ3v) is 2.59. The lowest BCUT2D eigenvalue weighted by Gasteiger charge is -2.28. The van der Waals surface area contributed by atoms with Crippen LogP contribution in [0.5, 0.6) is 5.75 Å². The van der Waals surface area contributed by atoms with Crippen molar-refractivity contribution in [3.05, 3.63) is 35.9 Å². The molecule has 0 atom stereocenters. The minimum absolute atomic E-state index is 0.202. The summed E-state index contributed by atoms with van der Waals surface area (Å²) >= 11 is 0. The van der Waals surface area contributed by atoms with Gasteiger partial charge in [-0.25, -0.2) is 4.79 Å². The highest BCUT2D eigenvalue weighted by Gasteiger charge is 2.21. The zero-order valence-electron chi connectivity index (χ0n) is 12.0. The van der Waals surface area contributed by atoms with E-state index in [2.05, 4.69) is 27.7 Å². The minimum atomic E-state index is -0.946. The van der Waals surface area contributed by atoms with Gasteiger partial charge in [0, 0.05) is 6.08 Å². The molecule has 0 heterocycles. The molecule has 0 aromatic heterocycles. The maximum absolute atomic E-state index is 10.4. The number of hydrogen-bond donors (Lipinski definition) is 1. The van der Waals surface area contributed by atoms with Gasteiger partial charge in [-0.2, -0.15) is 0 Å². The van der Waals surface area contributed by atoms with Crippen LogP contribution in [-0.2, 0) is 4.79 Å². The summed E-state index contributed by atoms with van der Waals surface area (Å²) in [6, 6.07) is 7.42. The maximum Gasteiger partial charge on any atom is 0.328 e. The van der Waals surface area contributed by atoms with Crippen LogP contribution in [0.25, 0.3) is 6.08 Å². The van der Waals surface area contributed by atoms with Crippen LogP contribution in [0.2, 0.25) is 0 Å². The van der Waals surface area contributed by atoms with Gasteiger partial charge in [-0.1, -0.05) is 26.0 Å². The van der Waals surface area contributed by atoms with Crippen LogP contribution in [0, 0.1) is 5.92 Å². The number of rotatable bonds is 6. The van der Waals surface area contributed by atoms with Crippen LogP contribution < -0.4 is 4.74 Å². The lowest BCUT2D eigenvalue weighted by atomic mass is 9.96. The van der Waals surface area contributed by atoms with Gasteiger partial charge in [0.15, 0.2) is 0 Å². The van der Waals surface area contributed by atoms with Crippen LogP contribution in [0.4, 0.5) is 0 Å². The van der Waals surface area contributed by atoms with Gasteiger partial charge < -0.3 is 9.84 Å². The average Bonchev–Trinajstić information content (AvgIpc) is 2.25. The summed E-state index contributed by atoms with van der Waals surface area (Å²) in [5.41, 5.74) is 0.642. The Morgan fingerprint density at radius 1 is 1.32 bits per heavy atom. The van der Waals surface area contributed by atoms with Crippen molar-refractivity contribution in [3.63, 3.8) is 0 Å². The van der Waals surface area contributed by atoms with Crippen molar-refractivity contribution >= 4 is 12.0 Å². The molecule has 1 N–H and O–H groups in total. The summed E-state index contributed by atoms with van der Waals surface area (Å²) in [5.74, 6) is 0.435. The molecule has 104 valence electrons. The van der Waals surface area contributed by atoms with Crippen molar-refractivity contribution in [2.75, 3.05) is 0 Å². The molecule has 0 spiro atoms. The van der Waals surface area contributed by atoms with E-state index in [-0.39, 0.29) is 5.60 Å². The summed E-state index contributed by atoms with van der Waals surface area (Å²) in [7, 11) is 0. The standard InChI is InChI=1S/C16H22O3/c1-12(2)11-16(3,4)19-14-8-5-13(6-9-14)7-10-15(17)18/h5-10,12H,11H2,1-4H3,(H,17,18)/b10-7+. The molecule has 0 radical (unpaired) electrons. The molecule has 1 aromatic carbocycles. The molecule has 3 nitrogen and oxygen atoms in total. The van der Waals surface area contributed by atoms with Gasteiger partial charge in [-0.3, -0.25) is 0 Å². The molecule has 0 aliphatic carbocycles. The van der Waals surface area contributed by atoms with Crippen LogP contribution in [0.15, 0.2) is 30.3 Å². The SMILES string of the molecule is CC(C)CC(C)(C)Oc1ccc(/C=C/C(=O)O)cc1. The Kier molecular flexibility index (Phi) is 5.16. The quantitative estimate of drug-likeness (QED) is 0.788. The van der Waals surface area contributed by atoms with E-state index in [9.17, 15) is 4.79 Å². The van der Waals surface area contributed by atoms with Crippen LogP contribution in [0.3, 0.4) is 0 Å². The average molecular weight is 262 g/mol. The van der Waals surface area contributed by atoms with Gasteiger partial charge in [-0.05, 0) is 50.0 Å². The first-order valence-electron chi connectivity index (χ1n) is 6.48. The second-order valence-corrected chi connectivity index (χ2v) is 5.70. The second-order valence-electron chi connectivity index (χ2n) is 5.70. The van der Waals surface area contributed by atoms with E-state index >= 15 is 0 Å². The Morgan fingerprint density at radius 3 is 2.37 bits per heavy atom.